The SMILES string of the molecule is CCOc1ccc(N(CC(=O)N(Cc2ccccc2C)C(Cc2ccccc2)C(=O)NC(C)C)S(=O)(=O)c2ccc(C)cc2)cc1. The molecule has 1 N–H and O–H groups in total. The second-order valence-electron chi connectivity index (χ2n) is 11.6. The molecule has 0 fully saturated rings. The molecule has 242 valence electrons. The molecular weight excluding hydrogens is 598 g/mol. The van der Waals surface area contributed by atoms with E-state index in [0.717, 1.165) is 26.6 Å². The average molecular weight is 642 g/mol. The van der Waals surface area contributed by atoms with Gasteiger partial charge < -0.3 is 15.0 Å². The van der Waals surface area contributed by atoms with Crippen LogP contribution in [0.2, 0.25) is 0 Å². The van der Waals surface area contributed by atoms with Crippen LogP contribution in [0.4, 0.5) is 5.69 Å². The van der Waals surface area contributed by atoms with Gasteiger partial charge >= 0.3 is 0 Å². The molecule has 0 aromatic heterocycles. The van der Waals surface area contributed by atoms with Gasteiger partial charge in [0.05, 0.1) is 17.2 Å². The minimum atomic E-state index is -4.18. The lowest BCUT2D eigenvalue weighted by Crippen LogP contribution is -2.54. The van der Waals surface area contributed by atoms with Crippen molar-refractivity contribution in [2.24, 2.45) is 0 Å². The van der Waals surface area contributed by atoms with Crippen LogP contribution in [0.1, 0.15) is 43.0 Å². The van der Waals surface area contributed by atoms with Crippen molar-refractivity contribution in [3.05, 3.63) is 125 Å². The summed E-state index contributed by atoms with van der Waals surface area (Å²) in [4.78, 5) is 30.0. The number of carbonyl (C=O) groups is 2. The molecule has 2 amide bonds. The van der Waals surface area contributed by atoms with Gasteiger partial charge in [0.2, 0.25) is 11.8 Å². The minimum Gasteiger partial charge on any atom is -0.494 e. The predicted molar refractivity (Wildman–Crippen MR) is 182 cm³/mol. The number of rotatable bonds is 14. The highest BCUT2D eigenvalue weighted by atomic mass is 32.2. The van der Waals surface area contributed by atoms with E-state index in [0.29, 0.717) is 18.0 Å². The molecular formula is C37H43N3O5S. The smallest absolute Gasteiger partial charge is 0.264 e. The van der Waals surface area contributed by atoms with Crippen LogP contribution in [0.25, 0.3) is 0 Å². The highest BCUT2D eigenvalue weighted by Crippen LogP contribution is 2.27. The molecule has 0 aliphatic heterocycles. The second-order valence-corrected chi connectivity index (χ2v) is 13.4. The van der Waals surface area contributed by atoms with E-state index < -0.39 is 28.5 Å². The first-order valence-electron chi connectivity index (χ1n) is 15.5. The molecule has 4 aromatic rings. The fourth-order valence-corrected chi connectivity index (χ4v) is 6.56. The van der Waals surface area contributed by atoms with Gasteiger partial charge in [0.25, 0.3) is 10.0 Å². The summed E-state index contributed by atoms with van der Waals surface area (Å²) in [5.41, 5.74) is 3.91. The molecule has 8 nitrogen and oxygen atoms in total. The van der Waals surface area contributed by atoms with Crippen molar-refractivity contribution in [2.75, 3.05) is 17.5 Å². The van der Waals surface area contributed by atoms with Crippen LogP contribution in [0.5, 0.6) is 5.75 Å². The molecule has 0 bridgehead atoms. The number of hydrogen-bond donors (Lipinski definition) is 1. The van der Waals surface area contributed by atoms with Crippen molar-refractivity contribution >= 4 is 27.5 Å². The maximum atomic E-state index is 14.6. The number of benzene rings is 4. The van der Waals surface area contributed by atoms with E-state index >= 15 is 0 Å². The largest absolute Gasteiger partial charge is 0.494 e. The Morgan fingerprint density at radius 1 is 0.826 bits per heavy atom. The van der Waals surface area contributed by atoms with Gasteiger partial charge in [-0.3, -0.25) is 13.9 Å². The maximum absolute atomic E-state index is 14.6. The fourth-order valence-electron chi connectivity index (χ4n) is 5.15. The second kappa shape index (κ2) is 15.6. The Morgan fingerprint density at radius 3 is 2.07 bits per heavy atom. The first kappa shape index (κ1) is 34.2. The van der Waals surface area contributed by atoms with Crippen LogP contribution in [0, 0.1) is 13.8 Å². The summed E-state index contributed by atoms with van der Waals surface area (Å²) < 4.78 is 35.1. The fraction of sp³-hybridized carbons (Fsp3) is 0.297. The van der Waals surface area contributed by atoms with E-state index in [1.54, 1.807) is 36.4 Å². The Kier molecular flexibility index (Phi) is 11.6. The van der Waals surface area contributed by atoms with Crippen LogP contribution in [0.3, 0.4) is 0 Å². The molecule has 0 aliphatic rings. The van der Waals surface area contributed by atoms with Gasteiger partial charge in [0.1, 0.15) is 18.3 Å². The van der Waals surface area contributed by atoms with Crippen molar-refractivity contribution in [1.82, 2.24) is 10.2 Å². The quantitative estimate of drug-likeness (QED) is 0.181. The molecule has 0 heterocycles. The lowest BCUT2D eigenvalue weighted by molar-refractivity contribution is -0.140. The summed E-state index contributed by atoms with van der Waals surface area (Å²) in [6.45, 7) is 9.49. The number of anilines is 1. The summed E-state index contributed by atoms with van der Waals surface area (Å²) in [5.74, 6) is -0.234. The van der Waals surface area contributed by atoms with Crippen molar-refractivity contribution in [2.45, 2.75) is 64.6 Å². The van der Waals surface area contributed by atoms with E-state index in [2.05, 4.69) is 5.32 Å². The number of aryl methyl sites for hydroxylation is 2. The Bertz CT molecular complexity index is 1710. The van der Waals surface area contributed by atoms with Gasteiger partial charge in [-0.05, 0) is 87.7 Å². The van der Waals surface area contributed by atoms with Gasteiger partial charge in [0, 0.05) is 19.0 Å². The maximum Gasteiger partial charge on any atom is 0.264 e. The standard InChI is InChI=1S/C37H43N3O5S/c1-6-45-33-20-18-32(19-21-33)40(46(43,44)34-22-16-28(4)17-23-34)26-36(41)39(25-31-15-11-10-12-29(31)5)35(37(42)38-27(2)3)24-30-13-8-7-9-14-30/h7-23,27,35H,6,24-26H2,1-5H3,(H,38,42). The number of amides is 2. The molecule has 0 saturated heterocycles. The zero-order valence-corrected chi connectivity index (χ0v) is 28.0. The third-order valence-electron chi connectivity index (χ3n) is 7.63. The Balaban J connectivity index is 1.81. The van der Waals surface area contributed by atoms with Crippen molar-refractivity contribution < 1.29 is 22.7 Å². The van der Waals surface area contributed by atoms with Gasteiger partial charge in [-0.25, -0.2) is 8.42 Å². The number of carbonyl (C=O) groups excluding carboxylic acids is 2. The predicted octanol–water partition coefficient (Wildman–Crippen LogP) is 6.06. The zero-order valence-electron chi connectivity index (χ0n) is 27.1. The molecule has 4 aromatic carbocycles. The third-order valence-corrected chi connectivity index (χ3v) is 9.42. The Labute approximate surface area is 273 Å². The summed E-state index contributed by atoms with van der Waals surface area (Å²) in [7, 11) is -4.18. The van der Waals surface area contributed by atoms with Gasteiger partial charge in [0.15, 0.2) is 0 Å². The van der Waals surface area contributed by atoms with Crippen molar-refractivity contribution in [3.8, 4) is 5.75 Å². The number of nitrogens with zero attached hydrogens (tertiary/aromatic N) is 2. The summed E-state index contributed by atoms with van der Waals surface area (Å²) in [6, 6.07) is 29.3. The molecule has 46 heavy (non-hydrogen) atoms. The van der Waals surface area contributed by atoms with E-state index in [4.69, 9.17) is 4.74 Å². The molecule has 9 heteroatoms. The first-order valence-corrected chi connectivity index (χ1v) is 16.9. The van der Waals surface area contributed by atoms with Crippen molar-refractivity contribution in [1.29, 1.82) is 0 Å². The normalized spacial score (nSPS) is 12.0. The molecule has 1 atom stereocenters. The average Bonchev–Trinajstić information content (AvgIpc) is 3.03. The molecule has 0 spiro atoms. The highest BCUT2D eigenvalue weighted by molar-refractivity contribution is 7.92. The molecule has 1 unspecified atom stereocenters. The Morgan fingerprint density at radius 2 is 1.46 bits per heavy atom. The number of nitrogens with one attached hydrogen (secondary N) is 1. The molecule has 0 aliphatic carbocycles. The molecule has 0 radical (unpaired) electrons. The van der Waals surface area contributed by atoms with Gasteiger partial charge in [-0.15, -0.1) is 0 Å². The molecule has 0 saturated carbocycles. The number of hydrogen-bond acceptors (Lipinski definition) is 5. The van der Waals surface area contributed by atoms with Crippen molar-refractivity contribution in [3.63, 3.8) is 0 Å². The van der Waals surface area contributed by atoms with Crippen LogP contribution < -0.4 is 14.4 Å². The monoisotopic (exact) mass is 641 g/mol. The zero-order chi connectivity index (χ0) is 33.3. The summed E-state index contributed by atoms with van der Waals surface area (Å²) >= 11 is 0. The number of sulfonamides is 1. The first-order chi connectivity index (χ1) is 22.0. The van der Waals surface area contributed by atoms with Crippen LogP contribution in [-0.4, -0.2) is 50.4 Å². The third kappa shape index (κ3) is 8.75. The van der Waals surface area contributed by atoms with E-state index in [1.807, 2.05) is 89.2 Å². The number of ether oxygens (including phenoxy) is 1. The van der Waals surface area contributed by atoms with Gasteiger partial charge in [-0.1, -0.05) is 72.3 Å². The molecule has 4 rings (SSSR count). The van der Waals surface area contributed by atoms with Crippen LogP contribution in [0.15, 0.2) is 108 Å². The minimum absolute atomic E-state index is 0.0589. The van der Waals surface area contributed by atoms with Crippen LogP contribution in [-0.2, 0) is 32.6 Å². The van der Waals surface area contributed by atoms with Crippen LogP contribution >= 0.6 is 0 Å². The lowest BCUT2D eigenvalue weighted by atomic mass is 10.0. The summed E-state index contributed by atoms with van der Waals surface area (Å²) in [6.07, 6.45) is 0.255. The van der Waals surface area contributed by atoms with Gasteiger partial charge in [-0.2, -0.15) is 0 Å². The Hall–Kier alpha value is -4.63. The summed E-state index contributed by atoms with van der Waals surface area (Å²) in [5, 5.41) is 2.98. The topological polar surface area (TPSA) is 96.0 Å². The van der Waals surface area contributed by atoms with E-state index in [9.17, 15) is 18.0 Å². The van der Waals surface area contributed by atoms with E-state index in [1.165, 1.54) is 17.0 Å². The lowest BCUT2D eigenvalue weighted by Gasteiger charge is -2.34. The highest BCUT2D eigenvalue weighted by Gasteiger charge is 2.35. The van der Waals surface area contributed by atoms with E-state index in [-0.39, 0.29) is 29.8 Å².